The Morgan fingerprint density at radius 2 is 1.33 bits per heavy atom. The highest BCUT2D eigenvalue weighted by molar-refractivity contribution is 7.88. The molecule has 0 saturated carbocycles. The molecule has 0 atom stereocenters. The van der Waals surface area contributed by atoms with Crippen LogP contribution in [0.5, 0.6) is 5.75 Å². The summed E-state index contributed by atoms with van der Waals surface area (Å²) in [5.74, 6) is -0.781. The minimum atomic E-state index is -5.75. The Kier molecular flexibility index (Phi) is 7.19. The van der Waals surface area contributed by atoms with E-state index in [1.807, 2.05) is 24.3 Å². The van der Waals surface area contributed by atoms with Gasteiger partial charge in [-0.25, -0.2) is 0 Å². The first-order chi connectivity index (χ1) is 16.9. The SMILES string of the molecule is O=C1CCc2cccc(-c3ccc(Cl)cc3Cl)c21.O=C1CCc2cccc(OS(=O)(=O)C(F)(F)F)c21. The molecule has 0 bridgehead atoms. The lowest BCUT2D eigenvalue weighted by molar-refractivity contribution is -0.0500. The number of Topliss-reactive ketones (excluding diaryl/α,β-unsaturated/α-hetero) is 2. The smallest absolute Gasteiger partial charge is 0.375 e. The number of carbonyl (C=O) groups is 2. The van der Waals surface area contributed by atoms with Crippen molar-refractivity contribution in [2.24, 2.45) is 0 Å². The molecule has 0 aliphatic heterocycles. The van der Waals surface area contributed by atoms with Crippen LogP contribution >= 0.6 is 23.2 Å². The number of fused-ring (bicyclic) bond motifs is 2. The molecule has 0 heterocycles. The van der Waals surface area contributed by atoms with Crippen LogP contribution in [0, 0.1) is 0 Å². The zero-order valence-electron chi connectivity index (χ0n) is 18.4. The molecule has 2 aliphatic rings. The van der Waals surface area contributed by atoms with Crippen LogP contribution in [0.2, 0.25) is 10.0 Å². The Morgan fingerprint density at radius 1 is 0.750 bits per heavy atom. The molecule has 0 N–H and O–H groups in total. The predicted molar refractivity (Wildman–Crippen MR) is 129 cm³/mol. The van der Waals surface area contributed by atoms with Crippen molar-refractivity contribution in [3.8, 4) is 16.9 Å². The summed E-state index contributed by atoms with van der Waals surface area (Å²) in [6.45, 7) is 0. The first-order valence-electron chi connectivity index (χ1n) is 10.7. The maximum absolute atomic E-state index is 12.2. The number of benzene rings is 3. The summed E-state index contributed by atoms with van der Waals surface area (Å²) in [4.78, 5) is 23.4. The zero-order valence-corrected chi connectivity index (χ0v) is 20.7. The highest BCUT2D eigenvalue weighted by Crippen LogP contribution is 2.37. The standard InChI is InChI=1S/C15H10Cl2O.C10H7F3O4S/c16-10-5-6-11(13(17)8-10)12-3-1-2-9-4-7-14(18)15(9)12;11-10(12,13)18(15,16)17-8-3-1-2-6-4-5-7(14)9(6)8/h1-3,5-6,8H,4,7H2;1-3H,4-5H2. The van der Waals surface area contributed by atoms with Gasteiger partial charge in [0, 0.05) is 34.0 Å². The van der Waals surface area contributed by atoms with Gasteiger partial charge in [0.25, 0.3) is 0 Å². The largest absolute Gasteiger partial charge is 0.534 e. The third-order valence-electron chi connectivity index (χ3n) is 5.77. The molecule has 3 aromatic rings. The molecule has 5 nitrogen and oxygen atoms in total. The average Bonchev–Trinajstić information content (AvgIpc) is 3.37. The number of aryl methyl sites for hydroxylation is 2. The van der Waals surface area contributed by atoms with E-state index >= 15 is 0 Å². The van der Waals surface area contributed by atoms with E-state index in [0.717, 1.165) is 34.7 Å². The molecule has 0 aromatic heterocycles. The fourth-order valence-corrected chi connectivity index (χ4v) is 5.13. The molecule has 188 valence electrons. The summed E-state index contributed by atoms with van der Waals surface area (Å²) in [6, 6.07) is 15.2. The molecule has 0 amide bonds. The second kappa shape index (κ2) is 9.88. The van der Waals surface area contributed by atoms with Crippen LogP contribution in [-0.4, -0.2) is 25.5 Å². The Bertz CT molecular complexity index is 1480. The van der Waals surface area contributed by atoms with Gasteiger partial charge >= 0.3 is 15.6 Å². The number of hydrogen-bond donors (Lipinski definition) is 0. The first kappa shape index (κ1) is 26.2. The van der Waals surface area contributed by atoms with E-state index in [9.17, 15) is 31.2 Å². The fourth-order valence-electron chi connectivity index (χ4n) is 4.15. The highest BCUT2D eigenvalue weighted by Gasteiger charge is 2.49. The minimum Gasteiger partial charge on any atom is -0.375 e. The van der Waals surface area contributed by atoms with Gasteiger partial charge in [-0.05, 0) is 47.7 Å². The van der Waals surface area contributed by atoms with Gasteiger partial charge in [0.05, 0.1) is 5.56 Å². The van der Waals surface area contributed by atoms with Crippen molar-refractivity contribution in [3.05, 3.63) is 86.9 Å². The van der Waals surface area contributed by atoms with Gasteiger partial charge in [0.1, 0.15) is 0 Å². The summed E-state index contributed by atoms with van der Waals surface area (Å²) in [5.41, 5.74) is -1.38. The van der Waals surface area contributed by atoms with Gasteiger partial charge in [-0.1, -0.05) is 59.6 Å². The summed E-state index contributed by atoms with van der Waals surface area (Å²) >= 11 is 12.1. The molecule has 0 unspecified atom stereocenters. The topological polar surface area (TPSA) is 77.5 Å². The number of halogens is 5. The number of ketones is 2. The monoisotopic (exact) mass is 556 g/mol. The maximum atomic E-state index is 12.2. The Balaban J connectivity index is 0.000000169. The molecular formula is C25H17Cl2F3O5S. The molecule has 11 heteroatoms. The van der Waals surface area contributed by atoms with Crippen molar-refractivity contribution in [3.63, 3.8) is 0 Å². The van der Waals surface area contributed by atoms with E-state index in [1.54, 1.807) is 18.2 Å². The lowest BCUT2D eigenvalue weighted by atomic mass is 9.96. The normalized spacial score (nSPS) is 14.7. The summed E-state index contributed by atoms with van der Waals surface area (Å²) < 4.78 is 62.3. The van der Waals surface area contributed by atoms with Gasteiger partial charge in [0.2, 0.25) is 0 Å². The molecule has 36 heavy (non-hydrogen) atoms. The van der Waals surface area contributed by atoms with Gasteiger partial charge in [0.15, 0.2) is 17.3 Å². The Hall–Kier alpha value is -2.88. The van der Waals surface area contributed by atoms with Crippen LogP contribution in [0.1, 0.15) is 44.7 Å². The van der Waals surface area contributed by atoms with Crippen LogP contribution in [0.3, 0.4) is 0 Å². The summed E-state index contributed by atoms with van der Waals surface area (Å²) in [7, 11) is -5.75. The van der Waals surface area contributed by atoms with Crippen LogP contribution in [-0.2, 0) is 23.0 Å². The van der Waals surface area contributed by atoms with Gasteiger partial charge in [-0.3, -0.25) is 9.59 Å². The Labute approximate surface area is 214 Å². The minimum absolute atomic E-state index is 0.0784. The predicted octanol–water partition coefficient (Wildman–Crippen LogP) is 6.83. The van der Waals surface area contributed by atoms with Gasteiger partial charge in [-0.15, -0.1) is 0 Å². The van der Waals surface area contributed by atoms with Crippen molar-refractivity contribution in [2.75, 3.05) is 0 Å². The quantitative estimate of drug-likeness (QED) is 0.261. The van der Waals surface area contributed by atoms with E-state index in [0.29, 0.717) is 28.5 Å². The van der Waals surface area contributed by atoms with Crippen molar-refractivity contribution in [1.29, 1.82) is 0 Å². The van der Waals surface area contributed by atoms with Crippen LogP contribution in [0.4, 0.5) is 13.2 Å². The highest BCUT2D eigenvalue weighted by atomic mass is 35.5. The zero-order chi connectivity index (χ0) is 26.3. The summed E-state index contributed by atoms with van der Waals surface area (Å²) in [6.07, 6.45) is 1.93. The van der Waals surface area contributed by atoms with Gasteiger partial charge < -0.3 is 4.18 Å². The molecule has 0 fully saturated rings. The van der Waals surface area contributed by atoms with E-state index in [-0.39, 0.29) is 17.8 Å². The fraction of sp³-hybridized carbons (Fsp3) is 0.200. The van der Waals surface area contributed by atoms with E-state index < -0.39 is 27.2 Å². The molecule has 0 saturated heterocycles. The van der Waals surface area contributed by atoms with E-state index in [1.165, 1.54) is 6.07 Å². The number of alkyl halides is 3. The van der Waals surface area contributed by atoms with Crippen molar-refractivity contribution < 1.29 is 35.4 Å². The van der Waals surface area contributed by atoms with Crippen molar-refractivity contribution >= 4 is 44.9 Å². The summed E-state index contributed by atoms with van der Waals surface area (Å²) in [5, 5.41) is 1.18. The van der Waals surface area contributed by atoms with Crippen LogP contribution in [0.25, 0.3) is 11.1 Å². The van der Waals surface area contributed by atoms with Crippen molar-refractivity contribution in [1.82, 2.24) is 0 Å². The molecule has 5 rings (SSSR count). The third-order valence-corrected chi connectivity index (χ3v) is 7.28. The number of hydrogen-bond acceptors (Lipinski definition) is 5. The molecule has 0 radical (unpaired) electrons. The first-order valence-corrected chi connectivity index (χ1v) is 12.8. The van der Waals surface area contributed by atoms with Crippen LogP contribution in [0.15, 0.2) is 54.6 Å². The van der Waals surface area contributed by atoms with Crippen LogP contribution < -0.4 is 4.18 Å². The van der Waals surface area contributed by atoms with E-state index in [2.05, 4.69) is 4.18 Å². The molecule has 2 aliphatic carbocycles. The maximum Gasteiger partial charge on any atom is 0.534 e. The Morgan fingerprint density at radius 3 is 1.94 bits per heavy atom. The number of carbonyl (C=O) groups excluding carboxylic acids is 2. The van der Waals surface area contributed by atoms with E-state index in [4.69, 9.17) is 23.2 Å². The third kappa shape index (κ3) is 5.14. The second-order valence-corrected chi connectivity index (χ2v) is 10.5. The van der Waals surface area contributed by atoms with Gasteiger partial charge in [-0.2, -0.15) is 21.6 Å². The lowest BCUT2D eigenvalue weighted by Gasteiger charge is -2.11. The van der Waals surface area contributed by atoms with Crippen molar-refractivity contribution in [2.45, 2.75) is 31.2 Å². The molecule has 0 spiro atoms. The average molecular weight is 557 g/mol. The number of rotatable bonds is 3. The second-order valence-electron chi connectivity index (χ2n) is 8.08. The lowest BCUT2D eigenvalue weighted by Crippen LogP contribution is -2.28. The molecule has 3 aromatic carbocycles. The molecular weight excluding hydrogens is 540 g/mol.